The fourth-order valence-electron chi connectivity index (χ4n) is 9.87. The lowest BCUT2D eigenvalue weighted by molar-refractivity contribution is 1.18. The number of fused-ring (bicyclic) bond motifs is 4. The fraction of sp³-hybridized carbons (Fsp3) is 0. The average molecular weight is 841 g/mol. The highest BCUT2D eigenvalue weighted by atomic mass is 15.1. The molecule has 12 aromatic rings. The highest BCUT2D eigenvalue weighted by molar-refractivity contribution is 6.10. The van der Waals surface area contributed by atoms with Crippen LogP contribution in [0.5, 0.6) is 0 Å². The Hall–Kier alpha value is -8.72. The highest BCUT2D eigenvalue weighted by Crippen LogP contribution is 2.44. The van der Waals surface area contributed by atoms with E-state index in [2.05, 4.69) is 276 Å². The summed E-state index contributed by atoms with van der Waals surface area (Å²) in [5, 5.41) is 4.96. The second kappa shape index (κ2) is 16.8. The summed E-state index contributed by atoms with van der Waals surface area (Å²) >= 11 is 0. The summed E-state index contributed by atoms with van der Waals surface area (Å²) in [6, 6.07) is 96.9. The number of para-hydroxylation sites is 3. The van der Waals surface area contributed by atoms with Gasteiger partial charge in [-0.05, 0) is 110 Å². The first kappa shape index (κ1) is 38.9. The van der Waals surface area contributed by atoms with E-state index in [-0.39, 0.29) is 0 Å². The van der Waals surface area contributed by atoms with Crippen LogP contribution in [0.25, 0.3) is 93.9 Å². The summed E-state index contributed by atoms with van der Waals surface area (Å²) in [5.41, 5.74) is 18.6. The van der Waals surface area contributed by atoms with Gasteiger partial charge in [0.25, 0.3) is 0 Å². The molecule has 12 rings (SSSR count). The summed E-state index contributed by atoms with van der Waals surface area (Å²) < 4.78 is 2.47. The van der Waals surface area contributed by atoms with E-state index in [0.717, 1.165) is 22.6 Å². The van der Waals surface area contributed by atoms with Crippen molar-refractivity contribution < 1.29 is 0 Å². The molecule has 0 aliphatic rings. The summed E-state index contributed by atoms with van der Waals surface area (Å²) in [7, 11) is 0. The van der Waals surface area contributed by atoms with Gasteiger partial charge in [-0.15, -0.1) is 0 Å². The molecule has 11 aromatic carbocycles. The quantitative estimate of drug-likeness (QED) is 0.141. The molecule has 0 saturated carbocycles. The SMILES string of the molecule is c1ccc(-c2cccc(-c3ccc(N(c4ccc(-c5cccc(-c6ccccc6)c5-n5c6ccccc6c6ccccc65)cc4)c4cccc(-c5cccc6ccccc56)c4)cc3)c2)cc1. The number of rotatable bonds is 9. The molecule has 0 amide bonds. The second-order valence-corrected chi connectivity index (χ2v) is 16.9. The zero-order chi connectivity index (χ0) is 43.8. The van der Waals surface area contributed by atoms with Crippen LogP contribution in [-0.2, 0) is 0 Å². The van der Waals surface area contributed by atoms with E-state index in [0.29, 0.717) is 0 Å². The number of aromatic nitrogens is 1. The summed E-state index contributed by atoms with van der Waals surface area (Å²) in [6.45, 7) is 0. The van der Waals surface area contributed by atoms with Crippen LogP contribution in [0.4, 0.5) is 17.1 Å². The molecule has 310 valence electrons. The van der Waals surface area contributed by atoms with Gasteiger partial charge < -0.3 is 9.47 Å². The molecule has 0 aliphatic carbocycles. The van der Waals surface area contributed by atoms with Gasteiger partial charge in [-0.25, -0.2) is 0 Å². The first-order valence-electron chi connectivity index (χ1n) is 22.7. The van der Waals surface area contributed by atoms with Crippen molar-refractivity contribution in [1.82, 2.24) is 4.57 Å². The number of nitrogens with zero attached hydrogens (tertiary/aromatic N) is 2. The molecule has 0 N–H and O–H groups in total. The molecular weight excluding hydrogens is 797 g/mol. The van der Waals surface area contributed by atoms with E-state index < -0.39 is 0 Å². The van der Waals surface area contributed by atoms with Gasteiger partial charge in [-0.3, -0.25) is 0 Å². The fourth-order valence-corrected chi connectivity index (χ4v) is 9.87. The third-order valence-electron chi connectivity index (χ3n) is 13.0. The van der Waals surface area contributed by atoms with Crippen LogP contribution in [0.1, 0.15) is 0 Å². The first-order chi connectivity index (χ1) is 32.7. The zero-order valence-electron chi connectivity index (χ0n) is 36.3. The Morgan fingerprint density at radius 3 is 1.32 bits per heavy atom. The Bertz CT molecular complexity index is 3620. The second-order valence-electron chi connectivity index (χ2n) is 16.9. The topological polar surface area (TPSA) is 8.17 Å². The lowest BCUT2D eigenvalue weighted by Gasteiger charge is -2.27. The van der Waals surface area contributed by atoms with E-state index in [1.54, 1.807) is 0 Å². The first-order valence-corrected chi connectivity index (χ1v) is 22.7. The maximum Gasteiger partial charge on any atom is 0.0618 e. The van der Waals surface area contributed by atoms with Gasteiger partial charge in [-0.2, -0.15) is 0 Å². The van der Waals surface area contributed by atoms with Crippen molar-refractivity contribution in [3.63, 3.8) is 0 Å². The molecule has 66 heavy (non-hydrogen) atoms. The van der Waals surface area contributed by atoms with Gasteiger partial charge in [0.2, 0.25) is 0 Å². The smallest absolute Gasteiger partial charge is 0.0618 e. The van der Waals surface area contributed by atoms with Crippen molar-refractivity contribution in [3.8, 4) is 61.3 Å². The molecular formula is C64H44N2. The minimum atomic E-state index is 1.07. The minimum absolute atomic E-state index is 1.07. The molecule has 2 nitrogen and oxygen atoms in total. The van der Waals surface area contributed by atoms with E-state index in [1.807, 2.05) is 0 Å². The van der Waals surface area contributed by atoms with Gasteiger partial charge in [0.15, 0.2) is 0 Å². The highest BCUT2D eigenvalue weighted by Gasteiger charge is 2.21. The Labute approximate surface area is 385 Å². The summed E-state index contributed by atoms with van der Waals surface area (Å²) in [4.78, 5) is 2.39. The maximum absolute atomic E-state index is 2.47. The Morgan fingerprint density at radius 2 is 0.667 bits per heavy atom. The van der Waals surface area contributed by atoms with Gasteiger partial charge in [0, 0.05) is 39.0 Å². The number of hydrogen-bond acceptors (Lipinski definition) is 1. The van der Waals surface area contributed by atoms with Crippen molar-refractivity contribution >= 4 is 49.6 Å². The van der Waals surface area contributed by atoms with E-state index >= 15 is 0 Å². The molecule has 0 atom stereocenters. The number of benzene rings is 11. The Morgan fingerprint density at radius 1 is 0.242 bits per heavy atom. The number of hydrogen-bond donors (Lipinski definition) is 0. The molecule has 0 spiro atoms. The van der Waals surface area contributed by atoms with Crippen LogP contribution in [0.2, 0.25) is 0 Å². The van der Waals surface area contributed by atoms with Crippen molar-refractivity contribution in [2.75, 3.05) is 4.90 Å². The molecule has 0 radical (unpaired) electrons. The van der Waals surface area contributed by atoms with E-state index in [4.69, 9.17) is 0 Å². The zero-order valence-corrected chi connectivity index (χ0v) is 36.3. The molecule has 1 heterocycles. The Kier molecular flexibility index (Phi) is 9.89. The van der Waals surface area contributed by atoms with Crippen molar-refractivity contribution in [3.05, 3.63) is 267 Å². The molecule has 0 unspecified atom stereocenters. The molecule has 0 fully saturated rings. The predicted octanol–water partition coefficient (Wildman–Crippen LogP) is 17.7. The normalized spacial score (nSPS) is 11.3. The third kappa shape index (κ3) is 7.02. The van der Waals surface area contributed by atoms with Gasteiger partial charge in [0.05, 0.1) is 16.7 Å². The van der Waals surface area contributed by atoms with Crippen LogP contribution in [-0.4, -0.2) is 4.57 Å². The van der Waals surface area contributed by atoms with Crippen LogP contribution in [0.3, 0.4) is 0 Å². The van der Waals surface area contributed by atoms with E-state index in [9.17, 15) is 0 Å². The standard InChI is InChI=1S/C64H44N2/c1-3-17-45(18-4-1)50-23-13-24-51(43-50)46-35-39-53(40-36-46)65(55-26-14-25-52(44-55)57-30-15-22-47-21-7-8-27-56(47)57)54-41-37-49(38-42-54)59-32-16-31-58(48-19-5-2-6-20-48)64(59)66-62-33-11-9-28-60(62)61-29-10-12-34-63(61)66/h1-44H. The maximum atomic E-state index is 2.47. The number of anilines is 3. The predicted molar refractivity (Wildman–Crippen MR) is 280 cm³/mol. The van der Waals surface area contributed by atoms with Gasteiger partial charge >= 0.3 is 0 Å². The lowest BCUT2D eigenvalue weighted by Crippen LogP contribution is -2.10. The average Bonchev–Trinajstić information content (AvgIpc) is 3.73. The third-order valence-corrected chi connectivity index (χ3v) is 13.0. The monoisotopic (exact) mass is 840 g/mol. The molecule has 0 saturated heterocycles. The molecule has 0 aliphatic heterocycles. The van der Waals surface area contributed by atoms with Crippen molar-refractivity contribution in [2.45, 2.75) is 0 Å². The van der Waals surface area contributed by atoms with Gasteiger partial charge in [0.1, 0.15) is 0 Å². The molecule has 2 heteroatoms. The summed E-state index contributed by atoms with van der Waals surface area (Å²) in [6.07, 6.45) is 0. The Balaban J connectivity index is 1.000. The van der Waals surface area contributed by atoms with Crippen LogP contribution in [0, 0.1) is 0 Å². The molecule has 0 bridgehead atoms. The van der Waals surface area contributed by atoms with Crippen molar-refractivity contribution in [2.24, 2.45) is 0 Å². The lowest BCUT2D eigenvalue weighted by atomic mass is 9.95. The minimum Gasteiger partial charge on any atom is -0.310 e. The van der Waals surface area contributed by atoms with E-state index in [1.165, 1.54) is 88.3 Å². The van der Waals surface area contributed by atoms with Gasteiger partial charge in [-0.1, -0.05) is 212 Å². The summed E-state index contributed by atoms with van der Waals surface area (Å²) in [5.74, 6) is 0. The van der Waals surface area contributed by atoms with Crippen LogP contribution < -0.4 is 4.90 Å². The van der Waals surface area contributed by atoms with Crippen molar-refractivity contribution in [1.29, 1.82) is 0 Å². The van der Waals surface area contributed by atoms with Crippen LogP contribution in [0.15, 0.2) is 267 Å². The van der Waals surface area contributed by atoms with Crippen LogP contribution >= 0.6 is 0 Å². The molecule has 1 aromatic heterocycles. The largest absolute Gasteiger partial charge is 0.310 e.